The molecule has 1 aromatic carbocycles. The van der Waals surface area contributed by atoms with E-state index >= 15 is 8.78 Å². The first-order valence-corrected chi connectivity index (χ1v) is 19.1. The van der Waals surface area contributed by atoms with E-state index < -0.39 is 92.9 Å². The number of aromatic nitrogens is 8. The number of imidazole rings is 2. The number of alkyl halides is 2. The van der Waals surface area contributed by atoms with Gasteiger partial charge in [-0.05, 0) is 18.6 Å². The molecule has 6 heterocycles. The SMILES string of the molecule is COP(=O)(CCC1OC(n2cnc3c(NC(=O)c4ccccc4)ncnc32)C(F)C1O)OC1C(F)C(CO)OC1n1cnc2c(=O)[nH]c(NC(=O)C(C)C)nc21. The zero-order valence-corrected chi connectivity index (χ0v) is 30.8. The third kappa shape index (κ3) is 7.43. The molecule has 4 aromatic heterocycles. The van der Waals surface area contributed by atoms with E-state index in [1.165, 1.54) is 10.9 Å². The van der Waals surface area contributed by atoms with Gasteiger partial charge in [-0.3, -0.25) is 42.9 Å². The lowest BCUT2D eigenvalue weighted by atomic mass is 10.1. The molecule has 2 amide bonds. The summed E-state index contributed by atoms with van der Waals surface area (Å²) < 4.78 is 70.6. The summed E-state index contributed by atoms with van der Waals surface area (Å²) in [5.74, 6) is -1.53. The standard InChI is InChI=1S/C33H37F2N10O10P/c1-15(2)28(48)42-33-41-27-22(30(50)43-33)39-14-45(27)32-24(19(34)18(11-46)54-32)55-56(51,52-3)10-9-17-23(47)20(35)31(53-17)44-13-38-21-25(36-12-37-26(21)44)40-29(49)16-7-5-4-6-8-16/h4-8,12-15,17-20,23-24,31-32,46-47H,9-11H2,1-3H3,(H,36,37,40,49)(H2,41,42,43,48,50). The van der Waals surface area contributed by atoms with Crippen molar-refractivity contribution in [1.82, 2.24) is 39.0 Å². The molecule has 0 spiro atoms. The lowest BCUT2D eigenvalue weighted by Gasteiger charge is -2.26. The number of H-pyrrole nitrogens is 1. The van der Waals surface area contributed by atoms with Gasteiger partial charge in [0.25, 0.3) is 11.5 Å². The van der Waals surface area contributed by atoms with Crippen LogP contribution < -0.4 is 16.2 Å². The minimum Gasteiger partial charge on any atom is -0.394 e. The highest BCUT2D eigenvalue weighted by Crippen LogP contribution is 2.54. The van der Waals surface area contributed by atoms with E-state index in [9.17, 15) is 29.2 Å². The molecule has 23 heteroatoms. The first kappa shape index (κ1) is 39.2. The quantitative estimate of drug-likeness (QED) is 0.107. The minimum atomic E-state index is -4.31. The van der Waals surface area contributed by atoms with Crippen LogP contribution in [0.15, 0.2) is 54.1 Å². The number of hydrogen-bond acceptors (Lipinski definition) is 15. The Labute approximate surface area is 315 Å². The Kier molecular flexibility index (Phi) is 11.1. The summed E-state index contributed by atoms with van der Waals surface area (Å²) in [7, 11) is -3.26. The topological polar surface area (TPSA) is 260 Å². The van der Waals surface area contributed by atoms with Crippen molar-refractivity contribution in [2.75, 3.05) is 30.5 Å². The van der Waals surface area contributed by atoms with Crippen LogP contribution in [0.3, 0.4) is 0 Å². The number of aliphatic hydroxyl groups excluding tert-OH is 2. The number of carbonyl (C=O) groups is 2. The number of fused-ring (bicyclic) bond motifs is 2. The van der Waals surface area contributed by atoms with Crippen LogP contribution >= 0.6 is 7.60 Å². The van der Waals surface area contributed by atoms with E-state index in [1.807, 2.05) is 0 Å². The van der Waals surface area contributed by atoms with Crippen molar-refractivity contribution >= 4 is 53.5 Å². The van der Waals surface area contributed by atoms with Gasteiger partial charge in [0.1, 0.15) is 24.6 Å². The Morgan fingerprint density at radius 2 is 1.68 bits per heavy atom. The predicted molar refractivity (Wildman–Crippen MR) is 191 cm³/mol. The molecule has 20 nitrogen and oxygen atoms in total. The maximum absolute atomic E-state index is 15.8. The van der Waals surface area contributed by atoms with Gasteiger partial charge in [0.15, 0.2) is 52.9 Å². The van der Waals surface area contributed by atoms with Crippen LogP contribution in [0.1, 0.15) is 43.1 Å². The summed E-state index contributed by atoms with van der Waals surface area (Å²) in [4.78, 5) is 61.0. The lowest BCUT2D eigenvalue weighted by molar-refractivity contribution is -0.118. The maximum Gasteiger partial charge on any atom is 0.331 e. The van der Waals surface area contributed by atoms with Crippen molar-refractivity contribution in [2.45, 2.75) is 69.5 Å². The van der Waals surface area contributed by atoms with Crippen molar-refractivity contribution in [2.24, 2.45) is 5.92 Å². The summed E-state index contributed by atoms with van der Waals surface area (Å²) in [6.45, 7) is 2.46. The van der Waals surface area contributed by atoms with Crippen molar-refractivity contribution < 1.29 is 51.7 Å². The molecule has 5 N–H and O–H groups in total. The summed E-state index contributed by atoms with van der Waals surface area (Å²) in [6.07, 6.45) is -10.6. The number of halogens is 2. The predicted octanol–water partition coefficient (Wildman–Crippen LogP) is 2.25. The summed E-state index contributed by atoms with van der Waals surface area (Å²) in [5, 5.41) is 25.9. The highest BCUT2D eigenvalue weighted by molar-refractivity contribution is 7.53. The van der Waals surface area contributed by atoms with Crippen molar-refractivity contribution in [1.29, 1.82) is 0 Å². The molecular weight excluding hydrogens is 765 g/mol. The first-order valence-electron chi connectivity index (χ1n) is 17.3. The molecule has 0 aliphatic carbocycles. The van der Waals surface area contributed by atoms with Crippen molar-refractivity contribution in [3.63, 3.8) is 0 Å². The molecule has 298 valence electrons. The Morgan fingerprint density at radius 3 is 2.38 bits per heavy atom. The smallest absolute Gasteiger partial charge is 0.331 e. The van der Waals surface area contributed by atoms with Gasteiger partial charge in [0, 0.05) is 18.6 Å². The molecular formula is C33H37F2N10O10P. The Balaban J connectivity index is 1.08. The summed E-state index contributed by atoms with van der Waals surface area (Å²) in [6, 6.07) is 8.36. The third-order valence-corrected chi connectivity index (χ3v) is 11.3. The largest absolute Gasteiger partial charge is 0.394 e. The molecule has 2 aliphatic heterocycles. The third-order valence-electron chi connectivity index (χ3n) is 9.36. The zero-order chi connectivity index (χ0) is 39.9. The second kappa shape index (κ2) is 15.8. The van der Waals surface area contributed by atoms with Crippen molar-refractivity contribution in [3.05, 3.63) is 65.2 Å². The van der Waals surface area contributed by atoms with Crippen LogP contribution in [0.5, 0.6) is 0 Å². The summed E-state index contributed by atoms with van der Waals surface area (Å²) in [5.41, 5.74) is -0.488. The number of aromatic amines is 1. The Morgan fingerprint density at radius 1 is 0.982 bits per heavy atom. The number of nitrogens with zero attached hydrogens (tertiary/aromatic N) is 7. The number of benzene rings is 1. The second-order valence-electron chi connectivity index (χ2n) is 13.3. The van der Waals surface area contributed by atoms with Gasteiger partial charge in [-0.2, -0.15) is 4.98 Å². The van der Waals surface area contributed by atoms with Gasteiger partial charge in [0.05, 0.1) is 31.5 Å². The summed E-state index contributed by atoms with van der Waals surface area (Å²) >= 11 is 0. The number of rotatable bonds is 13. The number of amides is 2. The first-order chi connectivity index (χ1) is 26.8. The van der Waals surface area contributed by atoms with Gasteiger partial charge in [-0.15, -0.1) is 0 Å². The zero-order valence-electron chi connectivity index (χ0n) is 29.9. The van der Waals surface area contributed by atoms with E-state index in [1.54, 1.807) is 44.2 Å². The molecule has 56 heavy (non-hydrogen) atoms. The molecule has 0 saturated carbocycles. The molecule has 0 radical (unpaired) electrons. The monoisotopic (exact) mass is 802 g/mol. The molecule has 0 bridgehead atoms. The van der Waals surface area contributed by atoms with Gasteiger partial charge < -0.3 is 29.5 Å². The van der Waals surface area contributed by atoms with Crippen LogP contribution in [0.2, 0.25) is 0 Å². The molecule has 2 aliphatic rings. The van der Waals surface area contributed by atoms with Crippen LogP contribution in [0.4, 0.5) is 20.5 Å². The number of nitrogens with one attached hydrogen (secondary N) is 3. The number of ether oxygens (including phenoxy) is 2. The van der Waals surface area contributed by atoms with Crippen LogP contribution in [-0.2, 0) is 27.9 Å². The normalized spacial score (nSPS) is 26.2. The Bertz CT molecular complexity index is 2350. The Hall–Kier alpha value is -5.09. The van der Waals surface area contributed by atoms with E-state index in [4.69, 9.17) is 18.5 Å². The van der Waals surface area contributed by atoms with E-state index in [0.717, 1.165) is 24.3 Å². The second-order valence-corrected chi connectivity index (χ2v) is 15.6. The minimum absolute atomic E-state index is 0.0553. The average Bonchev–Trinajstić information content (AvgIpc) is 3.96. The number of aliphatic hydroxyl groups is 2. The fourth-order valence-electron chi connectivity index (χ4n) is 6.33. The maximum atomic E-state index is 15.8. The fourth-order valence-corrected chi connectivity index (χ4v) is 7.87. The molecule has 9 atom stereocenters. The van der Waals surface area contributed by atoms with Crippen LogP contribution in [-0.4, -0.2) is 118 Å². The molecule has 2 saturated heterocycles. The van der Waals surface area contributed by atoms with Crippen LogP contribution in [0, 0.1) is 5.92 Å². The number of anilines is 2. The number of hydrogen-bond donors (Lipinski definition) is 5. The lowest BCUT2D eigenvalue weighted by Crippen LogP contribution is -2.33. The number of carbonyl (C=O) groups excluding carboxylic acids is 2. The fraction of sp³-hybridized carbons (Fsp3) is 0.455. The van der Waals surface area contributed by atoms with Gasteiger partial charge in [-0.25, -0.2) is 28.7 Å². The average molecular weight is 803 g/mol. The molecule has 2 fully saturated rings. The van der Waals surface area contributed by atoms with Gasteiger partial charge >= 0.3 is 7.60 Å². The molecule has 9 unspecified atom stereocenters. The van der Waals surface area contributed by atoms with Crippen LogP contribution in [0.25, 0.3) is 22.3 Å². The molecule has 5 aromatic rings. The molecule has 7 rings (SSSR count). The highest BCUT2D eigenvalue weighted by Gasteiger charge is 2.51. The van der Waals surface area contributed by atoms with Gasteiger partial charge in [-0.1, -0.05) is 32.0 Å². The van der Waals surface area contributed by atoms with Crippen molar-refractivity contribution in [3.8, 4) is 0 Å². The van der Waals surface area contributed by atoms with Gasteiger partial charge in [0.2, 0.25) is 11.9 Å². The van der Waals surface area contributed by atoms with E-state index in [-0.39, 0.29) is 40.5 Å². The van der Waals surface area contributed by atoms with E-state index in [0.29, 0.717) is 5.56 Å². The van der Waals surface area contributed by atoms with E-state index in [2.05, 4.69) is 40.5 Å². The highest BCUT2D eigenvalue weighted by atomic mass is 31.2.